The van der Waals surface area contributed by atoms with E-state index in [9.17, 15) is 9.59 Å². The van der Waals surface area contributed by atoms with Gasteiger partial charge in [-0.25, -0.2) is 4.68 Å². The van der Waals surface area contributed by atoms with Crippen LogP contribution in [0.5, 0.6) is 5.75 Å². The number of likely N-dealkylation sites (N-methyl/N-ethyl adjacent to an activating group) is 1. The lowest BCUT2D eigenvalue weighted by molar-refractivity contribution is -0.119. The van der Waals surface area contributed by atoms with Crippen molar-refractivity contribution in [2.75, 3.05) is 37.9 Å². The molecule has 3 rings (SSSR count). The first-order chi connectivity index (χ1) is 14.8. The fourth-order valence-corrected chi connectivity index (χ4v) is 3.10. The van der Waals surface area contributed by atoms with Gasteiger partial charge in [0.15, 0.2) is 0 Å². The second-order valence-corrected chi connectivity index (χ2v) is 7.42. The summed E-state index contributed by atoms with van der Waals surface area (Å²) in [6.07, 6.45) is 0. The highest BCUT2D eigenvalue weighted by Crippen LogP contribution is 2.18. The van der Waals surface area contributed by atoms with Crippen LogP contribution in [0.15, 0.2) is 54.6 Å². The van der Waals surface area contributed by atoms with Crippen molar-refractivity contribution in [3.63, 3.8) is 0 Å². The molecule has 1 heterocycles. The first kappa shape index (κ1) is 22.0. The minimum atomic E-state index is -0.232. The normalized spacial score (nSPS) is 10.7. The minimum absolute atomic E-state index is 0.0592. The zero-order chi connectivity index (χ0) is 22.4. The van der Waals surface area contributed by atoms with E-state index < -0.39 is 0 Å². The molecule has 3 aromatic rings. The molecular weight excluding hydrogens is 394 g/mol. The number of hydrogen-bond acceptors (Lipinski definition) is 5. The van der Waals surface area contributed by atoms with E-state index in [2.05, 4.69) is 15.7 Å². The van der Waals surface area contributed by atoms with Crippen LogP contribution in [0.25, 0.3) is 5.69 Å². The summed E-state index contributed by atoms with van der Waals surface area (Å²) in [6, 6.07) is 16.8. The van der Waals surface area contributed by atoms with E-state index in [1.165, 1.54) is 0 Å². The Kier molecular flexibility index (Phi) is 7.04. The van der Waals surface area contributed by atoms with Crippen molar-refractivity contribution in [1.82, 2.24) is 14.7 Å². The summed E-state index contributed by atoms with van der Waals surface area (Å²) < 4.78 is 6.85. The first-order valence-corrected chi connectivity index (χ1v) is 9.90. The van der Waals surface area contributed by atoms with Gasteiger partial charge >= 0.3 is 0 Å². The Morgan fingerprint density at radius 3 is 2.35 bits per heavy atom. The summed E-state index contributed by atoms with van der Waals surface area (Å²) in [4.78, 5) is 26.5. The number of aryl methyl sites for hydroxylation is 2. The molecule has 0 fully saturated rings. The third-order valence-electron chi connectivity index (χ3n) is 4.56. The molecule has 1 aromatic heterocycles. The van der Waals surface area contributed by atoms with E-state index in [1.807, 2.05) is 44.2 Å². The molecule has 0 aliphatic heterocycles. The Balaban J connectivity index is 1.57. The van der Waals surface area contributed by atoms with Gasteiger partial charge in [0.2, 0.25) is 11.8 Å². The van der Waals surface area contributed by atoms with Gasteiger partial charge in [0, 0.05) is 17.8 Å². The Hall–Kier alpha value is -3.65. The van der Waals surface area contributed by atoms with Gasteiger partial charge in [0.05, 0.1) is 31.6 Å². The van der Waals surface area contributed by atoms with Gasteiger partial charge in [-0.05, 0) is 45.2 Å². The molecule has 0 saturated carbocycles. The maximum Gasteiger partial charge on any atom is 0.239 e. The predicted molar refractivity (Wildman–Crippen MR) is 121 cm³/mol. The number of benzene rings is 2. The maximum atomic E-state index is 12.6. The summed E-state index contributed by atoms with van der Waals surface area (Å²) >= 11 is 0. The number of rotatable bonds is 8. The molecule has 2 N–H and O–H groups in total. The van der Waals surface area contributed by atoms with E-state index in [-0.39, 0.29) is 24.9 Å². The van der Waals surface area contributed by atoms with Gasteiger partial charge in [-0.1, -0.05) is 23.8 Å². The molecule has 0 aliphatic carbocycles. The number of hydrogen-bond donors (Lipinski definition) is 2. The quantitative estimate of drug-likeness (QED) is 0.584. The standard InChI is InChI=1S/C23H27N5O3/c1-16-8-10-19(11-9-16)28-21(12-17(2)26-28)25-23(30)15-27(3)14-22(29)24-18-6-5-7-20(13-18)31-4/h5-13H,14-15H2,1-4H3,(H,24,29)(H,25,30). The van der Waals surface area contributed by atoms with Gasteiger partial charge in [0.25, 0.3) is 0 Å². The third kappa shape index (κ3) is 6.16. The Bertz CT molecular complexity index is 1060. The smallest absolute Gasteiger partial charge is 0.239 e. The summed E-state index contributed by atoms with van der Waals surface area (Å²) in [7, 11) is 3.28. The number of carbonyl (C=O) groups excluding carboxylic acids is 2. The molecule has 8 nitrogen and oxygen atoms in total. The van der Waals surface area contributed by atoms with Crippen LogP contribution in [0.3, 0.4) is 0 Å². The Morgan fingerprint density at radius 2 is 1.68 bits per heavy atom. The fourth-order valence-electron chi connectivity index (χ4n) is 3.10. The fraction of sp³-hybridized carbons (Fsp3) is 0.261. The van der Waals surface area contributed by atoms with Crippen molar-refractivity contribution in [3.05, 3.63) is 65.9 Å². The van der Waals surface area contributed by atoms with Crippen LogP contribution < -0.4 is 15.4 Å². The summed E-state index contributed by atoms with van der Waals surface area (Å²) in [5, 5.41) is 10.2. The third-order valence-corrected chi connectivity index (χ3v) is 4.56. The number of amides is 2. The maximum absolute atomic E-state index is 12.6. The number of ether oxygens (including phenoxy) is 1. The molecular formula is C23H27N5O3. The Morgan fingerprint density at radius 1 is 1.00 bits per heavy atom. The number of anilines is 2. The average Bonchev–Trinajstić information content (AvgIpc) is 3.08. The second-order valence-electron chi connectivity index (χ2n) is 7.42. The van der Waals surface area contributed by atoms with Crippen LogP contribution in [-0.2, 0) is 9.59 Å². The first-order valence-electron chi connectivity index (χ1n) is 9.90. The molecule has 162 valence electrons. The predicted octanol–water partition coefficient (Wildman–Crippen LogP) is 3.01. The lowest BCUT2D eigenvalue weighted by atomic mass is 10.2. The van der Waals surface area contributed by atoms with Crippen LogP contribution in [0.4, 0.5) is 11.5 Å². The van der Waals surface area contributed by atoms with Gasteiger partial charge in [-0.3, -0.25) is 14.5 Å². The van der Waals surface area contributed by atoms with Gasteiger partial charge in [0.1, 0.15) is 11.6 Å². The molecule has 31 heavy (non-hydrogen) atoms. The van der Waals surface area contributed by atoms with Crippen molar-refractivity contribution in [3.8, 4) is 11.4 Å². The van der Waals surface area contributed by atoms with E-state index in [1.54, 1.807) is 48.0 Å². The molecule has 0 radical (unpaired) electrons. The molecule has 0 aliphatic rings. The van der Waals surface area contributed by atoms with Crippen molar-refractivity contribution in [2.45, 2.75) is 13.8 Å². The highest BCUT2D eigenvalue weighted by Gasteiger charge is 2.14. The lowest BCUT2D eigenvalue weighted by Gasteiger charge is -2.16. The zero-order valence-electron chi connectivity index (χ0n) is 18.2. The summed E-state index contributed by atoms with van der Waals surface area (Å²) in [5.74, 6) is 0.792. The largest absolute Gasteiger partial charge is 0.497 e. The topological polar surface area (TPSA) is 88.5 Å². The van der Waals surface area contributed by atoms with E-state index in [4.69, 9.17) is 4.74 Å². The molecule has 2 aromatic carbocycles. The number of carbonyl (C=O) groups is 2. The number of methoxy groups -OCH3 is 1. The van der Waals surface area contributed by atoms with Crippen LogP contribution in [0.1, 0.15) is 11.3 Å². The van der Waals surface area contributed by atoms with Crippen LogP contribution in [0, 0.1) is 13.8 Å². The molecule has 2 amide bonds. The molecule has 0 atom stereocenters. The van der Waals surface area contributed by atoms with Crippen molar-refractivity contribution < 1.29 is 14.3 Å². The van der Waals surface area contributed by atoms with Crippen LogP contribution in [0.2, 0.25) is 0 Å². The van der Waals surface area contributed by atoms with Gasteiger partial charge in [-0.2, -0.15) is 5.10 Å². The molecule has 0 spiro atoms. The van der Waals surface area contributed by atoms with Gasteiger partial charge < -0.3 is 15.4 Å². The number of aromatic nitrogens is 2. The van der Waals surface area contributed by atoms with E-state index in [0.29, 0.717) is 17.3 Å². The highest BCUT2D eigenvalue weighted by molar-refractivity contribution is 5.94. The van der Waals surface area contributed by atoms with Crippen molar-refractivity contribution in [2.24, 2.45) is 0 Å². The number of nitrogens with one attached hydrogen (secondary N) is 2. The van der Waals surface area contributed by atoms with Crippen molar-refractivity contribution in [1.29, 1.82) is 0 Å². The van der Waals surface area contributed by atoms with E-state index in [0.717, 1.165) is 16.9 Å². The number of nitrogens with zero attached hydrogens (tertiary/aromatic N) is 3. The Labute approximate surface area is 181 Å². The molecule has 0 bridgehead atoms. The summed E-state index contributed by atoms with van der Waals surface area (Å²) in [5.41, 5.74) is 3.44. The molecule has 0 saturated heterocycles. The van der Waals surface area contributed by atoms with Crippen molar-refractivity contribution >= 4 is 23.3 Å². The van der Waals surface area contributed by atoms with E-state index >= 15 is 0 Å². The summed E-state index contributed by atoms with van der Waals surface area (Å²) in [6.45, 7) is 4.01. The lowest BCUT2D eigenvalue weighted by Crippen LogP contribution is -2.36. The molecule has 0 unspecified atom stereocenters. The zero-order valence-corrected chi connectivity index (χ0v) is 18.2. The average molecular weight is 422 g/mol. The van der Waals surface area contributed by atoms with Crippen LogP contribution >= 0.6 is 0 Å². The van der Waals surface area contributed by atoms with Gasteiger partial charge in [-0.15, -0.1) is 0 Å². The second kappa shape index (κ2) is 9.90. The minimum Gasteiger partial charge on any atom is -0.497 e. The molecule has 8 heteroatoms. The SMILES string of the molecule is COc1cccc(NC(=O)CN(C)CC(=O)Nc2cc(C)nn2-c2ccc(C)cc2)c1. The highest BCUT2D eigenvalue weighted by atomic mass is 16.5. The monoisotopic (exact) mass is 421 g/mol. The van der Waals surface area contributed by atoms with Crippen LogP contribution in [-0.4, -0.2) is 53.7 Å².